The van der Waals surface area contributed by atoms with Crippen LogP contribution in [0.3, 0.4) is 0 Å². The number of hydrogen-bond acceptors (Lipinski definition) is 5. The largest absolute Gasteiger partial charge is 0.496 e. The first-order chi connectivity index (χ1) is 22.2. The number of rotatable bonds is 18. The molecule has 3 atom stereocenters. The summed E-state index contributed by atoms with van der Waals surface area (Å²) in [6.07, 6.45) is 1.35. The molecule has 0 saturated heterocycles. The highest BCUT2D eigenvalue weighted by Crippen LogP contribution is 2.49. The van der Waals surface area contributed by atoms with Gasteiger partial charge in [0.1, 0.15) is 23.7 Å². The van der Waals surface area contributed by atoms with E-state index in [1.54, 1.807) is 7.11 Å². The third kappa shape index (κ3) is 8.41. The van der Waals surface area contributed by atoms with Crippen LogP contribution >= 0.6 is 0 Å². The van der Waals surface area contributed by atoms with Crippen LogP contribution in [-0.2, 0) is 18.0 Å². The Morgan fingerprint density at radius 2 is 0.958 bits per heavy atom. The molecule has 2 rings (SSSR count). The van der Waals surface area contributed by atoms with E-state index in [1.165, 1.54) is 0 Å². The van der Waals surface area contributed by atoms with Crippen LogP contribution in [0.15, 0.2) is 30.3 Å². The summed E-state index contributed by atoms with van der Waals surface area (Å²) >= 11 is 0. The SMILES string of the molecule is COc1ccccc1C1=C[C@@H](O[Si](C(C)C)(C(C)C)C(C)C)[C@H](O[Si](C(C)C)(C(C)C)C(C)C)[C@@H](CO[Si](C(C)C)(C(C)C)C(C)C)O1. The standard InChI is InChI=1S/C40H76O5Si3/c1-26(2)46(27(3)4,28(5)6)42-25-39-40(45-48(32(13)14,33(15)16)34(17)18)38(44-47(29(7)8,30(9)10)31(11)12)24-37(43-39)35-22-20-21-23-36(35)41-19/h20-24,26-34,38-40H,25H2,1-19H3/t38-,39-,40+/m1/s1. The second-order valence-electron chi connectivity index (χ2n) is 17.3. The molecule has 48 heavy (non-hydrogen) atoms. The van der Waals surface area contributed by atoms with Crippen LogP contribution in [0.5, 0.6) is 5.75 Å². The van der Waals surface area contributed by atoms with Gasteiger partial charge >= 0.3 is 0 Å². The van der Waals surface area contributed by atoms with Gasteiger partial charge in [0.15, 0.2) is 0 Å². The van der Waals surface area contributed by atoms with Crippen molar-refractivity contribution >= 4 is 30.7 Å². The predicted octanol–water partition coefficient (Wildman–Crippen LogP) is 12.7. The molecule has 0 unspecified atom stereocenters. The van der Waals surface area contributed by atoms with Gasteiger partial charge in [-0.2, -0.15) is 0 Å². The summed E-state index contributed by atoms with van der Waals surface area (Å²) < 4.78 is 36.1. The fraction of sp³-hybridized carbons (Fsp3) is 0.800. The van der Waals surface area contributed by atoms with Crippen molar-refractivity contribution in [3.63, 3.8) is 0 Å². The minimum absolute atomic E-state index is 0.275. The summed E-state index contributed by atoms with van der Waals surface area (Å²) in [5.41, 5.74) is 4.94. The summed E-state index contributed by atoms with van der Waals surface area (Å²) in [5.74, 6) is 1.61. The lowest BCUT2D eigenvalue weighted by atomic mass is 10.0. The zero-order valence-electron chi connectivity index (χ0n) is 34.6. The predicted molar refractivity (Wildman–Crippen MR) is 215 cm³/mol. The molecule has 0 aliphatic carbocycles. The van der Waals surface area contributed by atoms with E-state index in [0.29, 0.717) is 56.5 Å². The lowest BCUT2D eigenvalue weighted by Crippen LogP contribution is -2.61. The molecule has 0 saturated carbocycles. The molecule has 1 aromatic rings. The molecule has 0 bridgehead atoms. The van der Waals surface area contributed by atoms with Crippen molar-refractivity contribution < 1.29 is 22.8 Å². The van der Waals surface area contributed by atoms with Gasteiger partial charge < -0.3 is 22.8 Å². The Labute approximate surface area is 300 Å². The molecule has 8 heteroatoms. The fourth-order valence-electron chi connectivity index (χ4n) is 10.1. The summed E-state index contributed by atoms with van der Waals surface area (Å²) in [5, 5.41) is 0. The van der Waals surface area contributed by atoms with Gasteiger partial charge in [-0.3, -0.25) is 0 Å². The van der Waals surface area contributed by atoms with Gasteiger partial charge in [-0.05, 0) is 68.1 Å². The molecule has 278 valence electrons. The molecule has 1 heterocycles. The number of methoxy groups -OCH3 is 1. The summed E-state index contributed by atoms with van der Waals surface area (Å²) in [4.78, 5) is 0. The van der Waals surface area contributed by atoms with Crippen LogP contribution in [0.4, 0.5) is 0 Å². The van der Waals surface area contributed by atoms with E-state index < -0.39 is 25.0 Å². The molecule has 1 aliphatic heterocycles. The molecule has 0 aromatic heterocycles. The van der Waals surface area contributed by atoms with Crippen LogP contribution in [0.25, 0.3) is 5.76 Å². The molecule has 0 fully saturated rings. The number of benzene rings is 1. The normalized spacial score (nSPS) is 20.0. The Bertz CT molecular complexity index is 1090. The smallest absolute Gasteiger partial charge is 0.201 e. The van der Waals surface area contributed by atoms with Crippen LogP contribution in [-0.4, -0.2) is 57.0 Å². The Morgan fingerprint density at radius 1 is 0.562 bits per heavy atom. The Morgan fingerprint density at radius 3 is 1.35 bits per heavy atom. The molecule has 1 aromatic carbocycles. The monoisotopic (exact) mass is 721 g/mol. The van der Waals surface area contributed by atoms with Crippen LogP contribution < -0.4 is 4.74 Å². The van der Waals surface area contributed by atoms with Crippen LogP contribution in [0, 0.1) is 0 Å². The van der Waals surface area contributed by atoms with E-state index in [2.05, 4.69) is 143 Å². The summed E-state index contributed by atoms with van der Waals surface area (Å²) in [6, 6.07) is 8.19. The minimum Gasteiger partial charge on any atom is -0.496 e. The third-order valence-electron chi connectivity index (χ3n) is 12.0. The first-order valence-corrected chi connectivity index (χ1v) is 25.6. The molecular weight excluding hydrogens is 645 g/mol. The van der Waals surface area contributed by atoms with E-state index in [0.717, 1.165) is 17.1 Å². The Kier molecular flexibility index (Phi) is 15.8. The van der Waals surface area contributed by atoms with E-state index in [4.69, 9.17) is 22.8 Å². The lowest BCUT2D eigenvalue weighted by Gasteiger charge is -2.52. The van der Waals surface area contributed by atoms with Crippen LogP contribution in [0.1, 0.15) is 130 Å². The highest BCUT2D eigenvalue weighted by molar-refractivity contribution is 6.78. The van der Waals surface area contributed by atoms with Gasteiger partial charge in [0, 0.05) is 0 Å². The van der Waals surface area contributed by atoms with Gasteiger partial charge in [-0.15, -0.1) is 0 Å². The number of para-hydroxylation sites is 1. The quantitative estimate of drug-likeness (QED) is 0.141. The van der Waals surface area contributed by atoms with Crippen molar-refractivity contribution in [1.82, 2.24) is 0 Å². The summed E-state index contributed by atoms with van der Waals surface area (Å²) in [7, 11) is -5.17. The summed E-state index contributed by atoms with van der Waals surface area (Å²) in [6.45, 7) is 43.1. The fourth-order valence-corrected chi connectivity index (χ4v) is 26.6. The van der Waals surface area contributed by atoms with Crippen molar-refractivity contribution in [2.45, 2.75) is 193 Å². The van der Waals surface area contributed by atoms with Gasteiger partial charge in [0.25, 0.3) is 0 Å². The highest BCUT2D eigenvalue weighted by atomic mass is 28.4. The molecule has 0 spiro atoms. The topological polar surface area (TPSA) is 46.2 Å². The number of hydrogen-bond donors (Lipinski definition) is 0. The average Bonchev–Trinajstić information content (AvgIpc) is 2.97. The van der Waals surface area contributed by atoms with Crippen molar-refractivity contribution in [1.29, 1.82) is 0 Å². The van der Waals surface area contributed by atoms with Gasteiger partial charge in [-0.25, -0.2) is 0 Å². The minimum atomic E-state index is -2.36. The van der Waals surface area contributed by atoms with Crippen molar-refractivity contribution in [3.05, 3.63) is 35.9 Å². The molecule has 1 aliphatic rings. The molecule has 0 radical (unpaired) electrons. The maximum atomic E-state index is 7.83. The molecule has 0 N–H and O–H groups in total. The lowest BCUT2D eigenvalue weighted by molar-refractivity contribution is -0.0620. The maximum Gasteiger partial charge on any atom is 0.201 e. The molecule has 0 amide bonds. The van der Waals surface area contributed by atoms with E-state index in [1.807, 2.05) is 12.1 Å². The van der Waals surface area contributed by atoms with Gasteiger partial charge in [0.05, 0.1) is 25.4 Å². The highest BCUT2D eigenvalue weighted by Gasteiger charge is 2.55. The first kappa shape index (κ1) is 43.3. The van der Waals surface area contributed by atoms with Gasteiger partial charge in [0.2, 0.25) is 25.0 Å². The van der Waals surface area contributed by atoms with E-state index in [-0.39, 0.29) is 18.3 Å². The van der Waals surface area contributed by atoms with E-state index >= 15 is 0 Å². The molecule has 5 nitrogen and oxygen atoms in total. The van der Waals surface area contributed by atoms with E-state index in [9.17, 15) is 0 Å². The second-order valence-corrected chi connectivity index (χ2v) is 33.6. The molecular formula is C40H76O5Si3. The average molecular weight is 721 g/mol. The Hall–Kier alpha value is -0.909. The van der Waals surface area contributed by atoms with Crippen LogP contribution in [0.2, 0.25) is 49.9 Å². The first-order valence-electron chi connectivity index (χ1n) is 19.2. The van der Waals surface area contributed by atoms with Crippen molar-refractivity contribution in [2.24, 2.45) is 0 Å². The van der Waals surface area contributed by atoms with Gasteiger partial charge in [-0.1, -0.05) is 137 Å². The zero-order chi connectivity index (χ0) is 36.9. The third-order valence-corrected chi connectivity index (χ3v) is 30.2. The van der Waals surface area contributed by atoms with Crippen molar-refractivity contribution in [3.8, 4) is 5.75 Å². The zero-order valence-corrected chi connectivity index (χ0v) is 37.6. The Balaban J connectivity index is 2.97. The second kappa shape index (κ2) is 17.5. The maximum absolute atomic E-state index is 7.83. The van der Waals surface area contributed by atoms with Crippen molar-refractivity contribution in [2.75, 3.05) is 13.7 Å². The number of ether oxygens (including phenoxy) is 2.